The van der Waals surface area contributed by atoms with Crippen LogP contribution in [0.25, 0.3) is 0 Å². The van der Waals surface area contributed by atoms with Gasteiger partial charge in [-0.05, 0) is 32.4 Å². The Balaban J connectivity index is 2.18. The molecule has 0 saturated carbocycles. The van der Waals surface area contributed by atoms with Crippen molar-refractivity contribution in [2.75, 3.05) is 30.8 Å². The summed E-state index contributed by atoms with van der Waals surface area (Å²) in [7, 11) is 1.76. The van der Waals surface area contributed by atoms with E-state index in [0.29, 0.717) is 6.10 Å². The lowest BCUT2D eigenvalue weighted by Gasteiger charge is -2.22. The first kappa shape index (κ1) is 13.0. The van der Waals surface area contributed by atoms with Crippen LogP contribution in [-0.2, 0) is 4.74 Å². The SMILES string of the molecule is COC1CCN(c2cccc(OC(C)C)c2N)C1. The van der Waals surface area contributed by atoms with Gasteiger partial charge in [-0.3, -0.25) is 0 Å². The molecule has 1 fully saturated rings. The van der Waals surface area contributed by atoms with Crippen molar-refractivity contribution in [2.45, 2.75) is 32.5 Å². The highest BCUT2D eigenvalue weighted by atomic mass is 16.5. The molecule has 1 aliphatic rings. The first-order valence-corrected chi connectivity index (χ1v) is 6.44. The smallest absolute Gasteiger partial charge is 0.144 e. The van der Waals surface area contributed by atoms with Crippen molar-refractivity contribution in [1.82, 2.24) is 0 Å². The predicted molar refractivity (Wildman–Crippen MR) is 74.2 cm³/mol. The van der Waals surface area contributed by atoms with Crippen molar-refractivity contribution in [3.63, 3.8) is 0 Å². The van der Waals surface area contributed by atoms with Crippen LogP contribution in [0.4, 0.5) is 11.4 Å². The molecule has 1 saturated heterocycles. The summed E-state index contributed by atoms with van der Waals surface area (Å²) >= 11 is 0. The molecule has 0 radical (unpaired) electrons. The number of anilines is 2. The van der Waals surface area contributed by atoms with E-state index in [4.69, 9.17) is 15.2 Å². The molecule has 1 unspecified atom stereocenters. The van der Waals surface area contributed by atoms with E-state index in [0.717, 1.165) is 36.6 Å². The molecule has 100 valence electrons. The number of nitrogens with two attached hydrogens (primary N) is 1. The Morgan fingerprint density at radius 3 is 2.78 bits per heavy atom. The minimum Gasteiger partial charge on any atom is -0.489 e. The van der Waals surface area contributed by atoms with Crippen LogP contribution in [-0.4, -0.2) is 32.4 Å². The summed E-state index contributed by atoms with van der Waals surface area (Å²) in [6.07, 6.45) is 1.48. The zero-order valence-corrected chi connectivity index (χ0v) is 11.3. The zero-order chi connectivity index (χ0) is 13.1. The quantitative estimate of drug-likeness (QED) is 0.833. The van der Waals surface area contributed by atoms with Crippen LogP contribution in [0.2, 0.25) is 0 Å². The summed E-state index contributed by atoms with van der Waals surface area (Å²) in [6, 6.07) is 5.95. The van der Waals surface area contributed by atoms with Crippen LogP contribution in [0, 0.1) is 0 Å². The number of nitrogens with zero attached hydrogens (tertiary/aromatic N) is 1. The van der Waals surface area contributed by atoms with Gasteiger partial charge in [-0.25, -0.2) is 0 Å². The minimum atomic E-state index is 0.132. The molecule has 1 aromatic carbocycles. The third-order valence-corrected chi connectivity index (χ3v) is 3.22. The van der Waals surface area contributed by atoms with Gasteiger partial charge in [0.1, 0.15) is 5.75 Å². The van der Waals surface area contributed by atoms with Gasteiger partial charge in [0, 0.05) is 20.2 Å². The Hall–Kier alpha value is -1.42. The van der Waals surface area contributed by atoms with Crippen LogP contribution < -0.4 is 15.4 Å². The first-order chi connectivity index (χ1) is 8.61. The molecule has 4 heteroatoms. The van der Waals surface area contributed by atoms with E-state index < -0.39 is 0 Å². The Labute approximate surface area is 109 Å². The Morgan fingerprint density at radius 2 is 2.17 bits per heavy atom. The van der Waals surface area contributed by atoms with Crippen LogP contribution in [0.3, 0.4) is 0 Å². The summed E-state index contributed by atoms with van der Waals surface area (Å²) in [5.74, 6) is 0.767. The van der Waals surface area contributed by atoms with Crippen molar-refractivity contribution >= 4 is 11.4 Å². The maximum atomic E-state index is 6.19. The molecular weight excluding hydrogens is 228 g/mol. The third-order valence-electron chi connectivity index (χ3n) is 3.22. The first-order valence-electron chi connectivity index (χ1n) is 6.44. The van der Waals surface area contributed by atoms with Gasteiger partial charge in [0.15, 0.2) is 0 Å². The van der Waals surface area contributed by atoms with E-state index in [1.54, 1.807) is 7.11 Å². The second kappa shape index (κ2) is 5.48. The topological polar surface area (TPSA) is 47.7 Å². The summed E-state index contributed by atoms with van der Waals surface area (Å²) in [5.41, 5.74) is 7.96. The number of hydrogen-bond donors (Lipinski definition) is 1. The predicted octanol–water partition coefficient (Wildman–Crippen LogP) is 2.28. The minimum absolute atomic E-state index is 0.132. The lowest BCUT2D eigenvalue weighted by atomic mass is 10.2. The third kappa shape index (κ3) is 2.70. The molecule has 2 N–H and O–H groups in total. The highest BCUT2D eigenvalue weighted by Crippen LogP contribution is 2.34. The normalized spacial score (nSPS) is 19.6. The summed E-state index contributed by atoms with van der Waals surface area (Å²) in [5, 5.41) is 0. The highest BCUT2D eigenvalue weighted by molar-refractivity contribution is 5.74. The average Bonchev–Trinajstić information content (AvgIpc) is 2.80. The molecule has 1 aliphatic heterocycles. The number of nitrogen functional groups attached to an aromatic ring is 1. The van der Waals surface area contributed by atoms with Crippen molar-refractivity contribution in [1.29, 1.82) is 0 Å². The van der Waals surface area contributed by atoms with Gasteiger partial charge in [-0.15, -0.1) is 0 Å². The largest absolute Gasteiger partial charge is 0.489 e. The van der Waals surface area contributed by atoms with Crippen LogP contribution in [0.15, 0.2) is 18.2 Å². The van der Waals surface area contributed by atoms with Crippen molar-refractivity contribution in [2.24, 2.45) is 0 Å². The number of hydrogen-bond acceptors (Lipinski definition) is 4. The van der Waals surface area contributed by atoms with Gasteiger partial charge in [0.05, 0.1) is 23.6 Å². The van der Waals surface area contributed by atoms with Gasteiger partial charge in [0.25, 0.3) is 0 Å². The molecule has 18 heavy (non-hydrogen) atoms. The van der Waals surface area contributed by atoms with Gasteiger partial charge < -0.3 is 20.1 Å². The molecule has 0 amide bonds. The van der Waals surface area contributed by atoms with E-state index in [1.165, 1.54) is 0 Å². The Bertz CT molecular complexity index is 407. The fourth-order valence-corrected chi connectivity index (χ4v) is 2.30. The molecule has 0 spiro atoms. The summed E-state index contributed by atoms with van der Waals surface area (Å²) in [6.45, 7) is 5.88. The van der Waals surface area contributed by atoms with E-state index in [9.17, 15) is 0 Å². The number of benzene rings is 1. The molecule has 1 atom stereocenters. The lowest BCUT2D eigenvalue weighted by Crippen LogP contribution is -2.23. The molecule has 0 aromatic heterocycles. The van der Waals surface area contributed by atoms with E-state index in [1.807, 2.05) is 32.0 Å². The number of rotatable bonds is 4. The zero-order valence-electron chi connectivity index (χ0n) is 11.3. The summed E-state index contributed by atoms with van der Waals surface area (Å²) < 4.78 is 11.1. The molecular formula is C14H22N2O2. The van der Waals surface area contributed by atoms with Crippen molar-refractivity contribution in [3.8, 4) is 5.75 Å². The molecule has 0 aliphatic carbocycles. The van der Waals surface area contributed by atoms with Gasteiger partial charge in [-0.2, -0.15) is 0 Å². The molecule has 0 bridgehead atoms. The number of methoxy groups -OCH3 is 1. The van der Waals surface area contributed by atoms with Crippen LogP contribution >= 0.6 is 0 Å². The molecule has 4 nitrogen and oxygen atoms in total. The highest BCUT2D eigenvalue weighted by Gasteiger charge is 2.24. The maximum Gasteiger partial charge on any atom is 0.144 e. The second-order valence-corrected chi connectivity index (χ2v) is 4.95. The van der Waals surface area contributed by atoms with Crippen LogP contribution in [0.1, 0.15) is 20.3 Å². The van der Waals surface area contributed by atoms with E-state index in [-0.39, 0.29) is 6.10 Å². The molecule has 2 rings (SSSR count). The second-order valence-electron chi connectivity index (χ2n) is 4.95. The average molecular weight is 250 g/mol. The maximum absolute atomic E-state index is 6.19. The van der Waals surface area contributed by atoms with Gasteiger partial charge >= 0.3 is 0 Å². The van der Waals surface area contributed by atoms with E-state index >= 15 is 0 Å². The van der Waals surface area contributed by atoms with Crippen molar-refractivity contribution in [3.05, 3.63) is 18.2 Å². The standard InChI is InChI=1S/C14H22N2O2/c1-10(2)18-13-6-4-5-12(14(13)15)16-8-7-11(9-16)17-3/h4-6,10-11H,7-9,15H2,1-3H3. The fraction of sp³-hybridized carbons (Fsp3) is 0.571. The van der Waals surface area contributed by atoms with Crippen LogP contribution in [0.5, 0.6) is 5.75 Å². The van der Waals surface area contributed by atoms with E-state index in [2.05, 4.69) is 4.90 Å². The fourth-order valence-electron chi connectivity index (χ4n) is 2.30. The number of para-hydroxylation sites is 1. The van der Waals surface area contributed by atoms with Crippen molar-refractivity contribution < 1.29 is 9.47 Å². The van der Waals surface area contributed by atoms with Gasteiger partial charge in [-0.1, -0.05) is 6.07 Å². The molecule has 1 heterocycles. The Kier molecular flexibility index (Phi) is 3.97. The lowest BCUT2D eigenvalue weighted by molar-refractivity contribution is 0.121. The number of ether oxygens (including phenoxy) is 2. The van der Waals surface area contributed by atoms with Gasteiger partial charge in [0.2, 0.25) is 0 Å². The Morgan fingerprint density at radius 1 is 1.39 bits per heavy atom. The summed E-state index contributed by atoms with van der Waals surface area (Å²) in [4.78, 5) is 2.26. The molecule has 1 aromatic rings. The monoisotopic (exact) mass is 250 g/mol.